The highest BCUT2D eigenvalue weighted by molar-refractivity contribution is 7.89. The number of piperazine rings is 1. The fourth-order valence-electron chi connectivity index (χ4n) is 3.21. The minimum absolute atomic E-state index is 0.0912. The lowest BCUT2D eigenvalue weighted by Gasteiger charge is -2.33. The normalized spacial score (nSPS) is 15.9. The van der Waals surface area contributed by atoms with Crippen molar-refractivity contribution in [3.8, 4) is 0 Å². The van der Waals surface area contributed by atoms with Crippen LogP contribution in [0.25, 0.3) is 6.08 Å². The Balaban J connectivity index is 1.64. The Morgan fingerprint density at radius 1 is 0.893 bits per heavy atom. The number of rotatable bonds is 4. The summed E-state index contributed by atoms with van der Waals surface area (Å²) in [5, 5.41) is 0. The molecule has 1 amide bonds. The molecule has 0 atom stereocenters. The molecule has 1 aliphatic heterocycles. The Morgan fingerprint density at radius 3 is 2.21 bits per heavy atom. The SMILES string of the molecule is Cc1ccc(S(=O)(=O)N2CCN(C(=O)/C=C/c3ccccc3C)CC2)cc1C. The molecular formula is C22H26N2O3S. The number of hydrogen-bond donors (Lipinski definition) is 0. The van der Waals surface area contributed by atoms with Gasteiger partial charge in [-0.15, -0.1) is 0 Å². The first-order valence-electron chi connectivity index (χ1n) is 9.39. The molecule has 1 aliphatic rings. The van der Waals surface area contributed by atoms with Crippen LogP contribution in [-0.2, 0) is 14.8 Å². The standard InChI is InChI=1S/C22H26N2O3S/c1-17-8-10-21(16-19(17)3)28(26,27)24-14-12-23(13-15-24)22(25)11-9-20-7-5-4-6-18(20)2/h4-11,16H,12-15H2,1-3H3/b11-9+. The van der Waals surface area contributed by atoms with E-state index in [2.05, 4.69) is 0 Å². The average molecular weight is 399 g/mol. The first-order valence-corrected chi connectivity index (χ1v) is 10.8. The van der Waals surface area contributed by atoms with Crippen molar-refractivity contribution in [3.63, 3.8) is 0 Å². The summed E-state index contributed by atoms with van der Waals surface area (Å²) in [6.45, 7) is 7.26. The van der Waals surface area contributed by atoms with Gasteiger partial charge in [-0.3, -0.25) is 4.79 Å². The second-order valence-electron chi connectivity index (χ2n) is 7.17. The van der Waals surface area contributed by atoms with Crippen LogP contribution >= 0.6 is 0 Å². The minimum atomic E-state index is -3.53. The van der Waals surface area contributed by atoms with E-state index < -0.39 is 10.0 Å². The van der Waals surface area contributed by atoms with Crippen LogP contribution in [0.5, 0.6) is 0 Å². The summed E-state index contributed by atoms with van der Waals surface area (Å²) in [6.07, 6.45) is 3.38. The van der Waals surface area contributed by atoms with Crippen molar-refractivity contribution in [2.45, 2.75) is 25.7 Å². The second kappa shape index (κ2) is 8.29. The van der Waals surface area contributed by atoms with Gasteiger partial charge in [0.05, 0.1) is 4.90 Å². The largest absolute Gasteiger partial charge is 0.337 e. The van der Waals surface area contributed by atoms with Gasteiger partial charge in [0, 0.05) is 32.3 Å². The summed E-state index contributed by atoms with van der Waals surface area (Å²) in [7, 11) is -3.53. The first kappa shape index (κ1) is 20.3. The number of carbonyl (C=O) groups excluding carboxylic acids is 1. The Morgan fingerprint density at radius 2 is 1.57 bits per heavy atom. The lowest BCUT2D eigenvalue weighted by atomic mass is 10.1. The van der Waals surface area contributed by atoms with Crippen LogP contribution in [-0.4, -0.2) is 49.7 Å². The van der Waals surface area contributed by atoms with Gasteiger partial charge >= 0.3 is 0 Å². The van der Waals surface area contributed by atoms with Crippen LogP contribution in [0.3, 0.4) is 0 Å². The predicted octanol–water partition coefficient (Wildman–Crippen LogP) is 3.16. The molecule has 1 heterocycles. The van der Waals surface area contributed by atoms with Gasteiger partial charge in [0.15, 0.2) is 0 Å². The van der Waals surface area contributed by atoms with Gasteiger partial charge in [0.1, 0.15) is 0 Å². The molecule has 0 saturated carbocycles. The van der Waals surface area contributed by atoms with Gasteiger partial charge in [-0.1, -0.05) is 30.3 Å². The molecule has 0 bridgehead atoms. The molecule has 0 N–H and O–H groups in total. The van der Waals surface area contributed by atoms with Crippen molar-refractivity contribution in [2.24, 2.45) is 0 Å². The fraction of sp³-hybridized carbons (Fsp3) is 0.318. The molecule has 28 heavy (non-hydrogen) atoms. The average Bonchev–Trinajstić information content (AvgIpc) is 2.69. The van der Waals surface area contributed by atoms with Crippen molar-refractivity contribution in [1.82, 2.24) is 9.21 Å². The fourth-order valence-corrected chi connectivity index (χ4v) is 4.72. The van der Waals surface area contributed by atoms with Crippen LogP contribution in [0.1, 0.15) is 22.3 Å². The minimum Gasteiger partial charge on any atom is -0.337 e. The number of nitrogens with zero attached hydrogens (tertiary/aromatic N) is 2. The molecule has 0 spiro atoms. The number of amides is 1. The zero-order chi connectivity index (χ0) is 20.3. The predicted molar refractivity (Wildman–Crippen MR) is 111 cm³/mol. The first-order chi connectivity index (χ1) is 13.3. The number of hydrogen-bond acceptors (Lipinski definition) is 3. The van der Waals surface area contributed by atoms with Crippen LogP contribution in [0, 0.1) is 20.8 Å². The van der Waals surface area contributed by atoms with E-state index in [1.165, 1.54) is 4.31 Å². The third-order valence-electron chi connectivity index (χ3n) is 5.26. The molecular weight excluding hydrogens is 372 g/mol. The third kappa shape index (κ3) is 4.34. The summed E-state index contributed by atoms with van der Waals surface area (Å²) in [5.41, 5.74) is 4.13. The molecule has 2 aromatic carbocycles. The van der Waals surface area contributed by atoms with Gasteiger partial charge in [-0.25, -0.2) is 8.42 Å². The van der Waals surface area contributed by atoms with Crippen molar-refractivity contribution >= 4 is 22.0 Å². The zero-order valence-electron chi connectivity index (χ0n) is 16.6. The highest BCUT2D eigenvalue weighted by Gasteiger charge is 2.29. The quantitative estimate of drug-likeness (QED) is 0.744. The summed E-state index contributed by atoms with van der Waals surface area (Å²) >= 11 is 0. The van der Waals surface area contributed by atoms with Gasteiger partial charge in [-0.05, 0) is 61.2 Å². The lowest BCUT2D eigenvalue weighted by molar-refractivity contribution is -0.127. The topological polar surface area (TPSA) is 57.7 Å². The molecule has 1 saturated heterocycles. The van der Waals surface area contributed by atoms with Crippen LogP contribution < -0.4 is 0 Å². The molecule has 1 fully saturated rings. The maximum Gasteiger partial charge on any atom is 0.246 e. The van der Waals surface area contributed by atoms with E-state index in [-0.39, 0.29) is 5.91 Å². The molecule has 0 aliphatic carbocycles. The Bertz CT molecular complexity index is 1000. The second-order valence-corrected chi connectivity index (χ2v) is 9.10. The number of aryl methyl sites for hydroxylation is 3. The molecule has 0 unspecified atom stereocenters. The zero-order valence-corrected chi connectivity index (χ0v) is 17.4. The van der Waals surface area contributed by atoms with E-state index in [0.717, 1.165) is 22.3 Å². The highest BCUT2D eigenvalue weighted by Crippen LogP contribution is 2.20. The van der Waals surface area contributed by atoms with E-state index in [4.69, 9.17) is 0 Å². The van der Waals surface area contributed by atoms with Crippen LogP contribution in [0.4, 0.5) is 0 Å². The van der Waals surface area contributed by atoms with E-state index >= 15 is 0 Å². The van der Waals surface area contributed by atoms with Crippen LogP contribution in [0.15, 0.2) is 53.4 Å². The van der Waals surface area contributed by atoms with Crippen molar-refractivity contribution in [1.29, 1.82) is 0 Å². The van der Waals surface area contributed by atoms with Crippen molar-refractivity contribution in [2.75, 3.05) is 26.2 Å². The third-order valence-corrected chi connectivity index (χ3v) is 7.16. The summed E-state index contributed by atoms with van der Waals surface area (Å²) in [4.78, 5) is 14.5. The van der Waals surface area contributed by atoms with Gasteiger partial charge in [0.25, 0.3) is 0 Å². The van der Waals surface area contributed by atoms with Gasteiger partial charge in [-0.2, -0.15) is 4.31 Å². The molecule has 148 valence electrons. The maximum atomic E-state index is 12.9. The van der Waals surface area contributed by atoms with Crippen LogP contribution in [0.2, 0.25) is 0 Å². The summed E-state index contributed by atoms with van der Waals surface area (Å²) in [6, 6.07) is 13.1. The smallest absolute Gasteiger partial charge is 0.246 e. The molecule has 0 radical (unpaired) electrons. The highest BCUT2D eigenvalue weighted by atomic mass is 32.2. The number of benzene rings is 2. The van der Waals surface area contributed by atoms with E-state index in [0.29, 0.717) is 31.1 Å². The maximum absolute atomic E-state index is 12.9. The monoisotopic (exact) mass is 398 g/mol. The lowest BCUT2D eigenvalue weighted by Crippen LogP contribution is -2.50. The molecule has 0 aromatic heterocycles. The molecule has 2 aromatic rings. The number of carbonyl (C=O) groups is 1. The Hall–Kier alpha value is -2.44. The van der Waals surface area contributed by atoms with E-state index in [9.17, 15) is 13.2 Å². The van der Waals surface area contributed by atoms with E-state index in [1.54, 1.807) is 23.1 Å². The number of sulfonamides is 1. The molecule has 5 nitrogen and oxygen atoms in total. The van der Waals surface area contributed by atoms with Crippen molar-refractivity contribution < 1.29 is 13.2 Å². The van der Waals surface area contributed by atoms with E-state index in [1.807, 2.05) is 57.2 Å². The Labute approximate surface area is 167 Å². The van der Waals surface area contributed by atoms with Gasteiger partial charge < -0.3 is 4.90 Å². The summed E-state index contributed by atoms with van der Waals surface area (Å²) in [5.74, 6) is -0.0912. The van der Waals surface area contributed by atoms with Crippen molar-refractivity contribution in [3.05, 3.63) is 70.8 Å². The summed E-state index contributed by atoms with van der Waals surface area (Å²) < 4.78 is 27.2. The Kier molecular flexibility index (Phi) is 6.01. The van der Waals surface area contributed by atoms with Gasteiger partial charge in [0.2, 0.25) is 15.9 Å². The molecule has 6 heteroatoms. The molecule has 3 rings (SSSR count).